The number of aromatic nitrogens is 3. The molecule has 2 aromatic carbocycles. The van der Waals surface area contributed by atoms with Gasteiger partial charge in [-0.3, -0.25) is 14.2 Å². The maximum absolute atomic E-state index is 13.2. The van der Waals surface area contributed by atoms with Gasteiger partial charge in [0, 0.05) is 43.1 Å². The predicted octanol–water partition coefficient (Wildman–Crippen LogP) is 3.03. The standard InChI is InChI=1S/C34H37N5O6/c1-18-21(22-9-7-11-25(19(22)2)36-31(41)24-15-38(3)34(43)39(4)33(24)42)8-6-10-23(18)27-14-20-12-13-26(30(20)32(37-27)44-5)35-28-16-45-17-29(28)40/h6-11,14-15,26,28-29,35,40H,12-13,16-17H2,1-5H3,(H,36,41)/t26-,28-,29-/m1/s1. The van der Waals surface area contributed by atoms with E-state index in [1.54, 1.807) is 13.2 Å². The molecular weight excluding hydrogens is 574 g/mol. The average molecular weight is 612 g/mol. The lowest BCUT2D eigenvalue weighted by molar-refractivity contribution is 0.102. The van der Waals surface area contributed by atoms with Crippen molar-refractivity contribution in [2.24, 2.45) is 14.1 Å². The number of amides is 1. The maximum Gasteiger partial charge on any atom is 0.330 e. The third kappa shape index (κ3) is 5.47. The van der Waals surface area contributed by atoms with E-state index in [2.05, 4.69) is 23.6 Å². The lowest BCUT2D eigenvalue weighted by Crippen LogP contribution is -2.40. The quantitative estimate of drug-likeness (QED) is 0.290. The summed E-state index contributed by atoms with van der Waals surface area (Å²) in [5.41, 5.74) is 7.01. The zero-order valence-corrected chi connectivity index (χ0v) is 26.0. The molecular formula is C34H37N5O6. The fourth-order valence-electron chi connectivity index (χ4n) is 6.45. The number of methoxy groups -OCH3 is 1. The second-order valence-corrected chi connectivity index (χ2v) is 11.8. The average Bonchev–Trinajstić information content (AvgIpc) is 3.64. The van der Waals surface area contributed by atoms with Crippen molar-refractivity contribution in [1.82, 2.24) is 19.4 Å². The minimum Gasteiger partial charge on any atom is -0.481 e. The van der Waals surface area contributed by atoms with E-state index in [9.17, 15) is 19.5 Å². The summed E-state index contributed by atoms with van der Waals surface area (Å²) in [7, 11) is 4.48. The molecule has 1 aliphatic carbocycles. The molecule has 3 N–H and O–H groups in total. The van der Waals surface area contributed by atoms with Gasteiger partial charge in [0.1, 0.15) is 5.56 Å². The predicted molar refractivity (Wildman–Crippen MR) is 171 cm³/mol. The van der Waals surface area contributed by atoms with Crippen molar-refractivity contribution in [2.45, 2.75) is 44.9 Å². The maximum atomic E-state index is 13.2. The Labute approximate surface area is 260 Å². The number of carbonyl (C=O) groups excluding carboxylic acids is 1. The van der Waals surface area contributed by atoms with Crippen LogP contribution in [0.1, 0.15) is 45.1 Å². The number of carbonyl (C=O) groups is 1. The number of hydrogen-bond acceptors (Lipinski definition) is 8. The summed E-state index contributed by atoms with van der Waals surface area (Å²) in [5, 5.41) is 16.7. The molecule has 11 heteroatoms. The summed E-state index contributed by atoms with van der Waals surface area (Å²) in [4.78, 5) is 42.8. The number of pyridine rings is 1. The summed E-state index contributed by atoms with van der Waals surface area (Å²) >= 11 is 0. The largest absolute Gasteiger partial charge is 0.481 e. The molecule has 45 heavy (non-hydrogen) atoms. The van der Waals surface area contributed by atoms with Crippen LogP contribution in [-0.2, 0) is 25.3 Å². The van der Waals surface area contributed by atoms with E-state index >= 15 is 0 Å². The Morgan fingerprint density at radius 3 is 2.47 bits per heavy atom. The third-order valence-electron chi connectivity index (χ3n) is 8.99. The van der Waals surface area contributed by atoms with Crippen LogP contribution in [0.15, 0.2) is 58.3 Å². The van der Waals surface area contributed by atoms with Crippen molar-refractivity contribution in [3.63, 3.8) is 0 Å². The van der Waals surface area contributed by atoms with Crippen LogP contribution < -0.4 is 26.6 Å². The van der Waals surface area contributed by atoms with Gasteiger partial charge in [0.25, 0.3) is 11.5 Å². The minimum absolute atomic E-state index is 0.0202. The summed E-state index contributed by atoms with van der Waals surface area (Å²) in [6, 6.07) is 13.7. The van der Waals surface area contributed by atoms with Gasteiger partial charge in [-0.15, -0.1) is 0 Å². The molecule has 4 aromatic rings. The van der Waals surface area contributed by atoms with Crippen LogP contribution >= 0.6 is 0 Å². The Morgan fingerprint density at radius 2 is 1.76 bits per heavy atom. The number of nitrogens with zero attached hydrogens (tertiary/aromatic N) is 3. The molecule has 3 atom stereocenters. The van der Waals surface area contributed by atoms with Crippen LogP contribution in [0.25, 0.3) is 22.4 Å². The number of nitrogens with one attached hydrogen (secondary N) is 2. The summed E-state index contributed by atoms with van der Waals surface area (Å²) in [6.07, 6.45) is 2.46. The Kier molecular flexibility index (Phi) is 8.17. The fraction of sp³-hybridized carbons (Fsp3) is 0.353. The first-order valence-electron chi connectivity index (χ1n) is 15.0. The molecule has 1 saturated heterocycles. The molecule has 1 aliphatic heterocycles. The van der Waals surface area contributed by atoms with Crippen LogP contribution in [0, 0.1) is 13.8 Å². The second-order valence-electron chi connectivity index (χ2n) is 11.8. The zero-order valence-electron chi connectivity index (χ0n) is 26.0. The highest BCUT2D eigenvalue weighted by molar-refractivity contribution is 6.04. The highest BCUT2D eigenvalue weighted by atomic mass is 16.5. The monoisotopic (exact) mass is 611 g/mol. The first kappa shape index (κ1) is 30.4. The molecule has 0 unspecified atom stereocenters. The number of ether oxygens (including phenoxy) is 2. The van der Waals surface area contributed by atoms with Crippen LogP contribution in [0.3, 0.4) is 0 Å². The van der Waals surface area contributed by atoms with Crippen molar-refractivity contribution in [3.05, 3.63) is 97.3 Å². The van der Waals surface area contributed by atoms with E-state index < -0.39 is 23.3 Å². The number of aryl methyl sites for hydroxylation is 2. The zero-order chi connectivity index (χ0) is 32.0. The lowest BCUT2D eigenvalue weighted by Gasteiger charge is -2.22. The highest BCUT2D eigenvalue weighted by Gasteiger charge is 2.34. The van der Waals surface area contributed by atoms with Crippen LogP contribution in [-0.4, -0.2) is 57.6 Å². The normalized spacial score (nSPS) is 19.0. The van der Waals surface area contributed by atoms with E-state index in [-0.39, 0.29) is 17.6 Å². The van der Waals surface area contributed by atoms with Crippen molar-refractivity contribution < 1.29 is 19.4 Å². The van der Waals surface area contributed by atoms with Crippen molar-refractivity contribution >= 4 is 11.6 Å². The van der Waals surface area contributed by atoms with Gasteiger partial charge in [0.15, 0.2) is 0 Å². The molecule has 0 bridgehead atoms. The molecule has 6 rings (SSSR count). The van der Waals surface area contributed by atoms with Gasteiger partial charge < -0.3 is 29.8 Å². The van der Waals surface area contributed by atoms with E-state index in [4.69, 9.17) is 14.5 Å². The fourth-order valence-corrected chi connectivity index (χ4v) is 6.45. The van der Waals surface area contributed by atoms with Gasteiger partial charge in [-0.05, 0) is 66.6 Å². The van der Waals surface area contributed by atoms with Crippen LogP contribution in [0.4, 0.5) is 5.69 Å². The Bertz CT molecular complexity index is 1930. The number of fused-ring (bicyclic) bond motifs is 1. The van der Waals surface area contributed by atoms with Crippen molar-refractivity contribution in [2.75, 3.05) is 25.6 Å². The molecule has 1 fully saturated rings. The van der Waals surface area contributed by atoms with Gasteiger partial charge >= 0.3 is 5.69 Å². The topological polar surface area (TPSA) is 137 Å². The number of anilines is 1. The number of benzene rings is 2. The van der Waals surface area contributed by atoms with Crippen LogP contribution in [0.2, 0.25) is 0 Å². The summed E-state index contributed by atoms with van der Waals surface area (Å²) in [6.45, 7) is 4.79. The van der Waals surface area contributed by atoms with Gasteiger partial charge in [-0.1, -0.05) is 30.3 Å². The molecule has 11 nitrogen and oxygen atoms in total. The van der Waals surface area contributed by atoms with Gasteiger partial charge in [0.2, 0.25) is 5.88 Å². The smallest absolute Gasteiger partial charge is 0.330 e. The molecule has 2 aliphatic rings. The molecule has 1 amide bonds. The summed E-state index contributed by atoms with van der Waals surface area (Å²) < 4.78 is 13.4. The van der Waals surface area contributed by atoms with E-state index in [0.29, 0.717) is 24.8 Å². The molecule has 0 radical (unpaired) electrons. The molecule has 0 spiro atoms. The molecule has 3 heterocycles. The highest BCUT2D eigenvalue weighted by Crippen LogP contribution is 2.41. The number of hydrogen-bond donors (Lipinski definition) is 3. The van der Waals surface area contributed by atoms with Crippen molar-refractivity contribution in [1.29, 1.82) is 0 Å². The second kappa shape index (κ2) is 12.1. The Balaban J connectivity index is 1.32. The molecule has 0 saturated carbocycles. The number of rotatable bonds is 7. The van der Waals surface area contributed by atoms with E-state index in [1.807, 2.05) is 37.3 Å². The van der Waals surface area contributed by atoms with Gasteiger partial charge in [0.05, 0.1) is 38.2 Å². The van der Waals surface area contributed by atoms with E-state index in [1.165, 1.54) is 24.9 Å². The molecule has 2 aromatic heterocycles. The van der Waals surface area contributed by atoms with Gasteiger partial charge in [-0.2, -0.15) is 0 Å². The minimum atomic E-state index is -0.655. The van der Waals surface area contributed by atoms with Crippen LogP contribution in [0.5, 0.6) is 5.88 Å². The lowest BCUT2D eigenvalue weighted by atomic mass is 9.91. The van der Waals surface area contributed by atoms with Crippen molar-refractivity contribution in [3.8, 4) is 28.3 Å². The third-order valence-corrected chi connectivity index (χ3v) is 8.99. The first-order chi connectivity index (χ1) is 21.6. The first-order valence-corrected chi connectivity index (χ1v) is 15.0. The number of aliphatic hydroxyl groups excluding tert-OH is 1. The Hall–Kier alpha value is -4.58. The van der Waals surface area contributed by atoms with Gasteiger partial charge in [-0.25, -0.2) is 9.78 Å². The number of aliphatic hydroxyl groups is 1. The Morgan fingerprint density at radius 1 is 1.04 bits per heavy atom. The SMILES string of the molecule is COc1nc(-c2cccc(-c3cccc(NC(=O)c4cn(C)c(=O)n(C)c4=O)c3C)c2C)cc2c1[C@H](N[C@@H]1COC[C@H]1O)CC2. The van der Waals surface area contributed by atoms with E-state index in [0.717, 1.165) is 62.0 Å². The summed E-state index contributed by atoms with van der Waals surface area (Å²) in [5.74, 6) is -0.0183. The molecule has 234 valence electrons.